The fraction of sp³-hybridized carbons (Fsp3) is 0.722. The SMILES string of the molecule is C1=CC2C3C=CC(C3)C2C1.C1=CCC=C1.C=CC(F)(F)C(F)(F)C(F)(F)C(F)(F)C(F)(F)C(F)(F)F.FC(F)(F)C(F)(F)C(F)(F)C(F)(F)C(F)(F)C(F)(F)C1CC2CCC1C2. The molecule has 0 N–H and O–H groups in total. The Morgan fingerprint density at radius 1 is 0.435 bits per heavy atom. The average Bonchev–Trinajstić information content (AvgIpc) is 3.99. The van der Waals surface area contributed by atoms with Crippen LogP contribution >= 0.6 is 0 Å². The van der Waals surface area contributed by atoms with Crippen LogP contribution in [0.25, 0.3) is 0 Å². The lowest BCUT2D eigenvalue weighted by molar-refractivity contribution is -0.443. The average molecular weight is 959 g/mol. The number of alkyl halides is 26. The van der Waals surface area contributed by atoms with Crippen LogP contribution in [0.2, 0.25) is 0 Å². The Hall–Kier alpha value is -3.12. The molecule has 358 valence electrons. The third-order valence-corrected chi connectivity index (χ3v) is 11.5. The van der Waals surface area contributed by atoms with Crippen molar-refractivity contribution in [1.29, 1.82) is 0 Å². The van der Waals surface area contributed by atoms with E-state index in [0.717, 1.165) is 30.1 Å². The smallest absolute Gasteiger partial charge is 0.199 e. The molecule has 0 aliphatic heterocycles. The van der Waals surface area contributed by atoms with Gasteiger partial charge in [0.2, 0.25) is 0 Å². The zero-order chi connectivity index (χ0) is 48.4. The molecule has 6 rings (SSSR count). The Morgan fingerprint density at radius 3 is 1.23 bits per heavy atom. The van der Waals surface area contributed by atoms with Crippen molar-refractivity contribution in [2.45, 2.75) is 117 Å². The van der Waals surface area contributed by atoms with Gasteiger partial charge in [-0.05, 0) is 80.1 Å². The topological polar surface area (TPSA) is 0 Å². The molecule has 3 fully saturated rings. The van der Waals surface area contributed by atoms with Crippen molar-refractivity contribution in [3.05, 3.63) is 61.3 Å². The Kier molecular flexibility index (Phi) is 14.3. The Balaban J connectivity index is 0.000000249. The molecule has 0 amide bonds. The Labute approximate surface area is 333 Å². The highest BCUT2D eigenvalue weighted by Gasteiger charge is 2.92. The van der Waals surface area contributed by atoms with Gasteiger partial charge in [-0.15, -0.1) is 0 Å². The molecule has 0 aromatic carbocycles. The quantitative estimate of drug-likeness (QED) is 0.151. The molecule has 0 nitrogen and oxygen atoms in total. The van der Waals surface area contributed by atoms with Gasteiger partial charge in [0.05, 0.1) is 0 Å². The van der Waals surface area contributed by atoms with Crippen molar-refractivity contribution in [3.63, 3.8) is 0 Å². The second kappa shape index (κ2) is 16.7. The van der Waals surface area contributed by atoms with Gasteiger partial charge in [0, 0.05) is 5.92 Å². The minimum atomic E-state index is -7.85. The van der Waals surface area contributed by atoms with E-state index in [9.17, 15) is 114 Å². The summed E-state index contributed by atoms with van der Waals surface area (Å²) in [5.74, 6) is -73.3. The van der Waals surface area contributed by atoms with E-state index < -0.39 is 102 Å². The predicted molar refractivity (Wildman–Crippen MR) is 165 cm³/mol. The summed E-state index contributed by atoms with van der Waals surface area (Å²) in [6.07, 6.45) is 5.42. The largest absolute Gasteiger partial charge is 0.460 e. The summed E-state index contributed by atoms with van der Waals surface area (Å²) in [4.78, 5) is 0. The summed E-state index contributed by atoms with van der Waals surface area (Å²) >= 11 is 0. The monoisotopic (exact) mass is 958 g/mol. The predicted octanol–water partition coefficient (Wildman–Crippen LogP) is 15.0. The lowest BCUT2D eigenvalue weighted by Crippen LogP contribution is -2.71. The van der Waals surface area contributed by atoms with Crippen LogP contribution < -0.4 is 0 Å². The van der Waals surface area contributed by atoms with Gasteiger partial charge in [-0.25, -0.2) is 0 Å². The van der Waals surface area contributed by atoms with Gasteiger partial charge >= 0.3 is 71.6 Å². The molecule has 7 atom stereocenters. The number of rotatable bonds is 10. The van der Waals surface area contributed by atoms with Crippen molar-refractivity contribution in [2.24, 2.45) is 41.4 Å². The van der Waals surface area contributed by atoms with Crippen molar-refractivity contribution in [3.8, 4) is 0 Å². The fourth-order valence-electron chi connectivity index (χ4n) is 7.98. The van der Waals surface area contributed by atoms with Crippen LogP contribution in [0.3, 0.4) is 0 Å². The molecule has 0 saturated heterocycles. The van der Waals surface area contributed by atoms with Gasteiger partial charge in [0.1, 0.15) is 0 Å². The first-order valence-electron chi connectivity index (χ1n) is 17.8. The van der Waals surface area contributed by atoms with E-state index in [1.165, 1.54) is 12.8 Å². The molecule has 0 aromatic heterocycles. The minimum Gasteiger partial charge on any atom is -0.199 e. The van der Waals surface area contributed by atoms with Gasteiger partial charge < -0.3 is 0 Å². The molecule has 62 heavy (non-hydrogen) atoms. The number of halogens is 26. The molecule has 7 unspecified atom stereocenters. The van der Waals surface area contributed by atoms with E-state index in [-0.39, 0.29) is 12.8 Å². The first-order chi connectivity index (χ1) is 27.6. The molecule has 6 aliphatic rings. The summed E-state index contributed by atoms with van der Waals surface area (Å²) in [5.41, 5.74) is 0. The highest BCUT2D eigenvalue weighted by molar-refractivity contribution is 5.22. The van der Waals surface area contributed by atoms with E-state index in [2.05, 4.69) is 48.6 Å². The summed E-state index contributed by atoms with van der Waals surface area (Å²) < 4.78 is 330. The summed E-state index contributed by atoms with van der Waals surface area (Å²) in [6, 6.07) is 0. The maximum atomic E-state index is 14.0. The van der Waals surface area contributed by atoms with E-state index in [1.807, 2.05) is 6.58 Å². The van der Waals surface area contributed by atoms with Crippen LogP contribution in [0.5, 0.6) is 0 Å². The Bertz CT molecular complexity index is 1680. The van der Waals surface area contributed by atoms with Gasteiger partial charge in [0.15, 0.2) is 0 Å². The van der Waals surface area contributed by atoms with Crippen LogP contribution in [-0.4, -0.2) is 71.6 Å². The molecule has 0 aromatic rings. The van der Waals surface area contributed by atoms with Gasteiger partial charge in [-0.3, -0.25) is 0 Å². The van der Waals surface area contributed by atoms with Gasteiger partial charge in [-0.2, -0.15) is 114 Å². The van der Waals surface area contributed by atoms with E-state index in [0.29, 0.717) is 6.42 Å². The normalized spacial score (nSPS) is 27.7. The second-order valence-electron chi connectivity index (χ2n) is 15.3. The maximum Gasteiger partial charge on any atom is 0.460 e. The summed E-state index contributed by atoms with van der Waals surface area (Å²) in [6.45, 7) is 1.89. The molecule has 3 saturated carbocycles. The van der Waals surface area contributed by atoms with Crippen molar-refractivity contribution < 1.29 is 114 Å². The third kappa shape index (κ3) is 8.46. The molecular weight excluding hydrogens is 926 g/mol. The van der Waals surface area contributed by atoms with E-state index in [1.54, 1.807) is 0 Å². The summed E-state index contributed by atoms with van der Waals surface area (Å²) in [7, 11) is 0. The van der Waals surface area contributed by atoms with Crippen molar-refractivity contribution in [2.75, 3.05) is 0 Å². The lowest BCUT2D eigenvalue weighted by atomic mass is 9.79. The number of hydrogen-bond donors (Lipinski definition) is 0. The van der Waals surface area contributed by atoms with E-state index in [4.69, 9.17) is 0 Å². The molecular formula is C36H32F26. The van der Waals surface area contributed by atoms with Crippen LogP contribution in [0, 0.1) is 41.4 Å². The summed E-state index contributed by atoms with van der Waals surface area (Å²) in [5, 5.41) is 0. The third-order valence-electron chi connectivity index (χ3n) is 11.5. The molecule has 6 aliphatic carbocycles. The van der Waals surface area contributed by atoms with Crippen LogP contribution in [0.4, 0.5) is 114 Å². The Morgan fingerprint density at radius 2 is 0.871 bits per heavy atom. The first kappa shape index (κ1) is 53.2. The fourth-order valence-corrected chi connectivity index (χ4v) is 7.98. The van der Waals surface area contributed by atoms with Crippen LogP contribution in [0.15, 0.2) is 61.3 Å². The first-order valence-corrected chi connectivity index (χ1v) is 17.8. The molecule has 4 bridgehead atoms. The van der Waals surface area contributed by atoms with Crippen LogP contribution in [0.1, 0.15) is 44.9 Å². The maximum absolute atomic E-state index is 14.0. The number of fused-ring (bicyclic) bond motifs is 7. The van der Waals surface area contributed by atoms with Gasteiger partial charge in [-0.1, -0.05) is 61.6 Å². The zero-order valence-electron chi connectivity index (χ0n) is 30.7. The van der Waals surface area contributed by atoms with Gasteiger partial charge in [0.25, 0.3) is 0 Å². The number of hydrogen-bond acceptors (Lipinski definition) is 0. The molecule has 0 radical (unpaired) electrons. The zero-order valence-corrected chi connectivity index (χ0v) is 30.7. The lowest BCUT2D eigenvalue weighted by Gasteiger charge is -2.42. The molecule has 0 spiro atoms. The van der Waals surface area contributed by atoms with E-state index >= 15 is 0 Å². The highest BCUT2D eigenvalue weighted by atomic mass is 19.4. The number of allylic oxidation sites excluding steroid dienone is 9. The highest BCUT2D eigenvalue weighted by Crippen LogP contribution is 2.65. The van der Waals surface area contributed by atoms with Crippen molar-refractivity contribution >= 4 is 0 Å². The van der Waals surface area contributed by atoms with Crippen molar-refractivity contribution in [1.82, 2.24) is 0 Å². The van der Waals surface area contributed by atoms with Crippen LogP contribution in [-0.2, 0) is 0 Å². The molecule has 26 heteroatoms. The standard InChI is InChI=1S/C13H11F13.C10H12.C8H3F13.C5H6/c14-8(15,7-4-5-1-2-6(7)3-5)9(16,17)10(18,19)11(20,21)12(22,23)13(24,25)26;1-2-9-7-4-5-8(6-7)10(9)3-1;1-2-3(9,10)4(11,12)5(13,14)6(15,16)7(17,18)8(19,20)21;1-2-4-5-3-1/h5-7H,1-4H2;1-2,4-5,7-10H,3,6H2;2H,1H2;1-4H,5H2. The second-order valence-corrected chi connectivity index (χ2v) is 15.3. The molecule has 0 heterocycles. The minimum absolute atomic E-state index is 0.0585.